The first-order chi connectivity index (χ1) is 10.2. The van der Waals surface area contributed by atoms with E-state index >= 15 is 0 Å². The number of fused-ring (bicyclic) bond motifs is 2. The molecule has 0 saturated heterocycles. The number of nitrogens with one attached hydrogen (secondary N) is 1. The zero-order chi connectivity index (χ0) is 14.4. The van der Waals surface area contributed by atoms with Crippen molar-refractivity contribution in [3.8, 4) is 0 Å². The van der Waals surface area contributed by atoms with Crippen molar-refractivity contribution >= 4 is 22.6 Å². The summed E-state index contributed by atoms with van der Waals surface area (Å²) < 4.78 is 0. The third kappa shape index (κ3) is 2.00. The lowest BCUT2D eigenvalue weighted by molar-refractivity contribution is 1.24. The van der Waals surface area contributed by atoms with Gasteiger partial charge >= 0.3 is 0 Å². The average Bonchev–Trinajstić information content (AvgIpc) is 2.89. The number of hydrogen-bond donors (Lipinski definition) is 1. The summed E-state index contributed by atoms with van der Waals surface area (Å²) in [5, 5.41) is 1.07. The molecule has 0 fully saturated rings. The van der Waals surface area contributed by atoms with Crippen molar-refractivity contribution in [3.63, 3.8) is 0 Å². The molecule has 0 aliphatic heterocycles. The van der Waals surface area contributed by atoms with Gasteiger partial charge in [0.25, 0.3) is 5.56 Å². The SMILES string of the molecule is Cc1ccc2c(c1)C=C(c1cc3ccccc3[nH]c1=O)C2. The third-order valence-electron chi connectivity index (χ3n) is 4.11. The Labute approximate surface area is 122 Å². The minimum Gasteiger partial charge on any atom is -0.321 e. The predicted molar refractivity (Wildman–Crippen MR) is 87.3 cm³/mol. The molecule has 1 N–H and O–H groups in total. The molecule has 1 heterocycles. The van der Waals surface area contributed by atoms with E-state index in [0.29, 0.717) is 0 Å². The van der Waals surface area contributed by atoms with Gasteiger partial charge in [0, 0.05) is 11.1 Å². The highest BCUT2D eigenvalue weighted by molar-refractivity contribution is 5.91. The summed E-state index contributed by atoms with van der Waals surface area (Å²) in [4.78, 5) is 15.3. The fourth-order valence-corrected chi connectivity index (χ4v) is 3.01. The summed E-state index contributed by atoms with van der Waals surface area (Å²) in [5.41, 5.74) is 6.53. The number of pyridine rings is 1. The molecule has 4 rings (SSSR count). The molecule has 21 heavy (non-hydrogen) atoms. The normalized spacial score (nSPS) is 13.3. The van der Waals surface area contributed by atoms with Gasteiger partial charge in [-0.2, -0.15) is 0 Å². The fourth-order valence-electron chi connectivity index (χ4n) is 3.01. The van der Waals surface area contributed by atoms with Crippen LogP contribution in [0.4, 0.5) is 0 Å². The number of rotatable bonds is 1. The highest BCUT2D eigenvalue weighted by Crippen LogP contribution is 2.31. The highest BCUT2D eigenvalue weighted by Gasteiger charge is 2.16. The second kappa shape index (κ2) is 4.45. The molecule has 1 aromatic heterocycles. The first-order valence-electron chi connectivity index (χ1n) is 7.13. The van der Waals surface area contributed by atoms with E-state index in [1.807, 2.05) is 30.3 Å². The summed E-state index contributed by atoms with van der Waals surface area (Å²) in [6, 6.07) is 16.3. The number of benzene rings is 2. The monoisotopic (exact) mass is 273 g/mol. The Hall–Kier alpha value is -2.61. The quantitative estimate of drug-likeness (QED) is 0.716. The zero-order valence-electron chi connectivity index (χ0n) is 11.8. The van der Waals surface area contributed by atoms with Gasteiger partial charge in [-0.25, -0.2) is 0 Å². The van der Waals surface area contributed by atoms with Crippen molar-refractivity contribution < 1.29 is 0 Å². The number of hydrogen-bond acceptors (Lipinski definition) is 1. The first kappa shape index (κ1) is 12.2. The molecule has 1 aliphatic rings. The van der Waals surface area contributed by atoms with Gasteiger partial charge in [-0.15, -0.1) is 0 Å². The average molecular weight is 273 g/mol. The minimum atomic E-state index is -0.00974. The summed E-state index contributed by atoms with van der Waals surface area (Å²) in [5.74, 6) is 0. The summed E-state index contributed by atoms with van der Waals surface area (Å²) in [6.07, 6.45) is 2.97. The minimum absolute atomic E-state index is 0.00974. The number of allylic oxidation sites excluding steroid dienone is 1. The Kier molecular flexibility index (Phi) is 2.58. The van der Waals surface area contributed by atoms with Gasteiger partial charge < -0.3 is 4.98 Å². The highest BCUT2D eigenvalue weighted by atomic mass is 16.1. The van der Waals surface area contributed by atoms with E-state index in [2.05, 4.69) is 36.2 Å². The maximum atomic E-state index is 12.3. The molecule has 1 aliphatic carbocycles. The van der Waals surface area contributed by atoms with Crippen molar-refractivity contribution in [2.24, 2.45) is 0 Å². The molecule has 0 atom stereocenters. The topological polar surface area (TPSA) is 32.9 Å². The summed E-state index contributed by atoms with van der Waals surface area (Å²) in [6.45, 7) is 2.09. The molecule has 0 spiro atoms. The van der Waals surface area contributed by atoms with Gasteiger partial charge in [0.2, 0.25) is 0 Å². The Morgan fingerprint density at radius 1 is 1.05 bits per heavy atom. The van der Waals surface area contributed by atoms with Crippen LogP contribution >= 0.6 is 0 Å². The number of aryl methyl sites for hydroxylation is 1. The summed E-state index contributed by atoms with van der Waals surface area (Å²) >= 11 is 0. The van der Waals surface area contributed by atoms with Gasteiger partial charge in [-0.3, -0.25) is 4.79 Å². The van der Waals surface area contributed by atoms with Crippen LogP contribution in [-0.4, -0.2) is 4.98 Å². The maximum Gasteiger partial charge on any atom is 0.255 e. The molecule has 102 valence electrons. The van der Waals surface area contributed by atoms with Crippen LogP contribution in [0, 0.1) is 6.92 Å². The van der Waals surface area contributed by atoms with E-state index in [4.69, 9.17) is 0 Å². The van der Waals surface area contributed by atoms with E-state index in [1.165, 1.54) is 16.7 Å². The van der Waals surface area contributed by atoms with Crippen molar-refractivity contribution in [1.82, 2.24) is 4.98 Å². The number of para-hydroxylation sites is 1. The lowest BCUT2D eigenvalue weighted by Gasteiger charge is -2.04. The smallest absolute Gasteiger partial charge is 0.255 e. The molecule has 0 unspecified atom stereocenters. The Morgan fingerprint density at radius 2 is 1.90 bits per heavy atom. The molecular weight excluding hydrogens is 258 g/mol. The van der Waals surface area contributed by atoms with Gasteiger partial charge in [-0.05, 0) is 47.6 Å². The fraction of sp³-hybridized carbons (Fsp3) is 0.105. The Balaban J connectivity index is 1.87. The molecular formula is C19H15NO. The van der Waals surface area contributed by atoms with Gasteiger partial charge in [0.15, 0.2) is 0 Å². The molecule has 2 aromatic carbocycles. The number of aromatic nitrogens is 1. The third-order valence-corrected chi connectivity index (χ3v) is 4.11. The van der Waals surface area contributed by atoms with Crippen LogP contribution in [0.5, 0.6) is 0 Å². The maximum absolute atomic E-state index is 12.3. The lowest BCUT2D eigenvalue weighted by atomic mass is 10.0. The molecule has 0 amide bonds. The van der Waals surface area contributed by atoms with E-state index in [9.17, 15) is 4.79 Å². The molecule has 3 aromatic rings. The van der Waals surface area contributed by atoms with Crippen LogP contribution in [0.25, 0.3) is 22.6 Å². The standard InChI is InChI=1S/C19H15NO/c1-12-6-7-13-9-16(10-15(13)8-12)17-11-14-4-2-3-5-18(14)20-19(17)21/h2-8,10-11H,9H2,1H3,(H,20,21). The second-order valence-corrected chi connectivity index (χ2v) is 5.65. The molecule has 0 bridgehead atoms. The van der Waals surface area contributed by atoms with Gasteiger partial charge in [0.1, 0.15) is 0 Å². The van der Waals surface area contributed by atoms with Crippen molar-refractivity contribution in [2.45, 2.75) is 13.3 Å². The van der Waals surface area contributed by atoms with Crippen molar-refractivity contribution in [3.05, 3.63) is 81.1 Å². The van der Waals surface area contributed by atoms with Crippen LogP contribution in [0.15, 0.2) is 53.3 Å². The molecule has 2 heteroatoms. The van der Waals surface area contributed by atoms with Crippen LogP contribution in [0.3, 0.4) is 0 Å². The van der Waals surface area contributed by atoms with E-state index in [-0.39, 0.29) is 5.56 Å². The first-order valence-corrected chi connectivity index (χ1v) is 7.13. The molecule has 0 radical (unpaired) electrons. The van der Waals surface area contributed by atoms with Crippen molar-refractivity contribution in [1.29, 1.82) is 0 Å². The number of H-pyrrole nitrogens is 1. The van der Waals surface area contributed by atoms with Crippen molar-refractivity contribution in [2.75, 3.05) is 0 Å². The van der Waals surface area contributed by atoms with Crippen LogP contribution in [-0.2, 0) is 6.42 Å². The van der Waals surface area contributed by atoms with E-state index in [0.717, 1.165) is 28.5 Å². The van der Waals surface area contributed by atoms with Crippen LogP contribution in [0.1, 0.15) is 22.3 Å². The van der Waals surface area contributed by atoms with Crippen LogP contribution in [0.2, 0.25) is 0 Å². The second-order valence-electron chi connectivity index (χ2n) is 5.65. The molecule has 2 nitrogen and oxygen atoms in total. The van der Waals surface area contributed by atoms with Gasteiger partial charge in [0.05, 0.1) is 0 Å². The predicted octanol–water partition coefficient (Wildman–Crippen LogP) is 3.93. The van der Waals surface area contributed by atoms with Gasteiger partial charge in [-0.1, -0.05) is 48.0 Å². The summed E-state index contributed by atoms with van der Waals surface area (Å²) in [7, 11) is 0. The van der Waals surface area contributed by atoms with E-state index < -0.39 is 0 Å². The van der Waals surface area contributed by atoms with Crippen LogP contribution < -0.4 is 5.56 Å². The number of aromatic amines is 1. The van der Waals surface area contributed by atoms with E-state index in [1.54, 1.807) is 0 Å². The lowest BCUT2D eigenvalue weighted by Crippen LogP contribution is -2.11. The Morgan fingerprint density at radius 3 is 2.81 bits per heavy atom. The zero-order valence-corrected chi connectivity index (χ0v) is 11.8. The molecule has 0 saturated carbocycles. The largest absolute Gasteiger partial charge is 0.321 e. The Bertz CT molecular complexity index is 947.